The van der Waals surface area contributed by atoms with Crippen LogP contribution in [-0.4, -0.2) is 11.5 Å². The molecule has 1 aliphatic rings. The van der Waals surface area contributed by atoms with E-state index in [1.807, 2.05) is 13.8 Å². The number of aryl methyl sites for hydroxylation is 2. The lowest BCUT2D eigenvalue weighted by molar-refractivity contribution is 0.300. The molecule has 0 aliphatic heterocycles. The van der Waals surface area contributed by atoms with Gasteiger partial charge in [0.25, 0.3) is 0 Å². The number of aromatic amines is 1. The van der Waals surface area contributed by atoms with Crippen LogP contribution in [0, 0.1) is 19.7 Å². The van der Waals surface area contributed by atoms with Gasteiger partial charge in [-0.15, -0.1) is 0 Å². The number of fused-ring (bicyclic) bond motifs is 1. The van der Waals surface area contributed by atoms with Crippen LogP contribution >= 0.6 is 0 Å². The molecule has 0 amide bonds. The summed E-state index contributed by atoms with van der Waals surface area (Å²) in [6.07, 6.45) is 5.83. The molecule has 1 aliphatic carbocycles. The molecule has 3 rings (SSSR count). The molecule has 2 nitrogen and oxygen atoms in total. The highest BCUT2D eigenvalue weighted by Gasteiger charge is 2.33. The predicted octanol–water partition coefficient (Wildman–Crippen LogP) is 4.08. The van der Waals surface area contributed by atoms with Crippen LogP contribution < -0.4 is 5.73 Å². The molecule has 0 radical (unpaired) electrons. The van der Waals surface area contributed by atoms with Crippen LogP contribution in [-0.2, 0) is 5.41 Å². The first-order chi connectivity index (χ1) is 9.57. The molecule has 0 atom stereocenters. The zero-order valence-electron chi connectivity index (χ0n) is 12.4. The van der Waals surface area contributed by atoms with Crippen molar-refractivity contribution in [1.29, 1.82) is 0 Å². The molecular weight excluding hydrogens is 251 g/mol. The van der Waals surface area contributed by atoms with Crippen molar-refractivity contribution >= 4 is 10.9 Å². The third kappa shape index (κ3) is 1.96. The minimum atomic E-state index is -0.146. The monoisotopic (exact) mass is 274 g/mol. The maximum Gasteiger partial charge on any atom is 0.147 e. The van der Waals surface area contributed by atoms with Gasteiger partial charge in [0.15, 0.2) is 0 Å². The summed E-state index contributed by atoms with van der Waals surface area (Å²) in [6, 6.07) is 3.87. The normalized spacial score (nSPS) is 18.6. The van der Waals surface area contributed by atoms with E-state index in [0.717, 1.165) is 35.0 Å². The summed E-state index contributed by atoms with van der Waals surface area (Å²) < 4.78 is 14.4. The minimum absolute atomic E-state index is 0.0229. The Morgan fingerprint density at radius 1 is 1.20 bits per heavy atom. The zero-order chi connectivity index (χ0) is 14.3. The van der Waals surface area contributed by atoms with E-state index in [4.69, 9.17) is 5.73 Å². The highest BCUT2D eigenvalue weighted by Crippen LogP contribution is 2.40. The van der Waals surface area contributed by atoms with Gasteiger partial charge >= 0.3 is 0 Å². The zero-order valence-corrected chi connectivity index (χ0v) is 12.4. The van der Waals surface area contributed by atoms with Gasteiger partial charge in [-0.3, -0.25) is 0 Å². The number of nitrogens with two attached hydrogens (primary N) is 1. The molecule has 0 saturated heterocycles. The van der Waals surface area contributed by atoms with Crippen molar-refractivity contribution in [2.75, 3.05) is 6.54 Å². The molecule has 2 aromatic rings. The summed E-state index contributed by atoms with van der Waals surface area (Å²) in [7, 11) is 0. The van der Waals surface area contributed by atoms with Gasteiger partial charge in [0.2, 0.25) is 0 Å². The first kappa shape index (κ1) is 13.6. The van der Waals surface area contributed by atoms with E-state index in [0.29, 0.717) is 12.1 Å². The quantitative estimate of drug-likeness (QED) is 0.851. The maximum absolute atomic E-state index is 14.4. The van der Waals surface area contributed by atoms with E-state index >= 15 is 0 Å². The second-order valence-corrected chi connectivity index (χ2v) is 6.30. The summed E-state index contributed by atoms with van der Waals surface area (Å²) in [6.45, 7) is 4.65. The molecule has 108 valence electrons. The lowest BCUT2D eigenvalue weighted by Crippen LogP contribution is -2.37. The van der Waals surface area contributed by atoms with Gasteiger partial charge in [-0.2, -0.15) is 0 Å². The molecule has 0 spiro atoms. The minimum Gasteiger partial charge on any atom is -0.356 e. The second kappa shape index (κ2) is 4.88. The van der Waals surface area contributed by atoms with E-state index < -0.39 is 0 Å². The largest absolute Gasteiger partial charge is 0.356 e. The molecule has 3 heteroatoms. The van der Waals surface area contributed by atoms with Gasteiger partial charge in [-0.05, 0) is 49.9 Å². The van der Waals surface area contributed by atoms with Crippen molar-refractivity contribution in [2.24, 2.45) is 5.73 Å². The molecule has 0 unspecified atom stereocenters. The number of nitrogens with one attached hydrogen (secondary N) is 1. The summed E-state index contributed by atoms with van der Waals surface area (Å²) in [5.74, 6) is -0.146. The third-order valence-electron chi connectivity index (χ3n) is 5.18. The molecule has 20 heavy (non-hydrogen) atoms. The van der Waals surface area contributed by atoms with Gasteiger partial charge in [-0.1, -0.05) is 19.3 Å². The lowest BCUT2D eigenvalue weighted by Gasteiger charge is -2.37. The van der Waals surface area contributed by atoms with Gasteiger partial charge in [0.05, 0.1) is 5.52 Å². The van der Waals surface area contributed by atoms with E-state index in [1.54, 1.807) is 6.07 Å². The number of hydrogen-bond acceptors (Lipinski definition) is 1. The molecule has 1 fully saturated rings. The summed E-state index contributed by atoms with van der Waals surface area (Å²) in [5.41, 5.74) is 9.96. The average molecular weight is 274 g/mol. The lowest BCUT2D eigenvalue weighted by atomic mass is 9.69. The van der Waals surface area contributed by atoms with Gasteiger partial charge in [0, 0.05) is 23.0 Å². The summed E-state index contributed by atoms with van der Waals surface area (Å²) in [4.78, 5) is 3.15. The third-order valence-corrected chi connectivity index (χ3v) is 5.18. The Morgan fingerprint density at radius 3 is 2.55 bits per heavy atom. The number of H-pyrrole nitrogens is 1. The van der Waals surface area contributed by atoms with Gasteiger partial charge in [0.1, 0.15) is 5.82 Å². The van der Waals surface area contributed by atoms with Crippen LogP contribution in [0.1, 0.15) is 48.9 Å². The molecule has 3 N–H and O–H groups in total. The Kier molecular flexibility index (Phi) is 3.33. The molecule has 1 aromatic carbocycles. The molecule has 1 aromatic heterocycles. The van der Waals surface area contributed by atoms with Crippen LogP contribution in [0.25, 0.3) is 10.9 Å². The Hall–Kier alpha value is -1.35. The Balaban J connectivity index is 2.18. The highest BCUT2D eigenvalue weighted by atomic mass is 19.1. The first-order valence-electron chi connectivity index (χ1n) is 7.56. The van der Waals surface area contributed by atoms with Crippen molar-refractivity contribution in [3.63, 3.8) is 0 Å². The van der Waals surface area contributed by atoms with Crippen molar-refractivity contribution in [1.82, 2.24) is 4.98 Å². The molecule has 0 bridgehead atoms. The SMILES string of the molecule is Cc1[nH]c2c(F)cc(C3(CN)CCCCC3)cc2c1C. The fourth-order valence-corrected chi connectivity index (χ4v) is 3.66. The summed E-state index contributed by atoms with van der Waals surface area (Å²) in [5, 5.41) is 1.01. The van der Waals surface area contributed by atoms with Crippen molar-refractivity contribution < 1.29 is 4.39 Å². The van der Waals surface area contributed by atoms with Crippen molar-refractivity contribution in [2.45, 2.75) is 51.4 Å². The molecule has 1 heterocycles. The standard InChI is InChI=1S/C17H23FN2/c1-11-12(2)20-16-14(11)8-13(9-15(16)18)17(10-19)6-4-3-5-7-17/h8-9,20H,3-7,10,19H2,1-2H3. The number of halogens is 1. The molecule has 1 saturated carbocycles. The predicted molar refractivity (Wildman–Crippen MR) is 81.5 cm³/mol. The number of hydrogen-bond donors (Lipinski definition) is 2. The molecular formula is C17H23FN2. The second-order valence-electron chi connectivity index (χ2n) is 6.30. The van der Waals surface area contributed by atoms with Crippen LogP contribution in [0.4, 0.5) is 4.39 Å². The van der Waals surface area contributed by atoms with E-state index in [-0.39, 0.29) is 11.2 Å². The number of aromatic nitrogens is 1. The van der Waals surface area contributed by atoms with Crippen molar-refractivity contribution in [3.05, 3.63) is 34.8 Å². The van der Waals surface area contributed by atoms with Crippen molar-refractivity contribution in [3.8, 4) is 0 Å². The smallest absolute Gasteiger partial charge is 0.147 e. The average Bonchev–Trinajstić information content (AvgIpc) is 2.76. The van der Waals surface area contributed by atoms with Crippen LogP contribution in [0.2, 0.25) is 0 Å². The highest BCUT2D eigenvalue weighted by molar-refractivity contribution is 5.85. The topological polar surface area (TPSA) is 41.8 Å². The fourth-order valence-electron chi connectivity index (χ4n) is 3.66. The fraction of sp³-hybridized carbons (Fsp3) is 0.529. The van der Waals surface area contributed by atoms with Crippen LogP contribution in [0.5, 0.6) is 0 Å². The van der Waals surface area contributed by atoms with Gasteiger partial charge in [-0.25, -0.2) is 4.39 Å². The van der Waals surface area contributed by atoms with Gasteiger partial charge < -0.3 is 10.7 Å². The Bertz CT molecular complexity index is 636. The Labute approximate surface area is 119 Å². The van der Waals surface area contributed by atoms with Crippen LogP contribution in [0.3, 0.4) is 0 Å². The van der Waals surface area contributed by atoms with E-state index in [2.05, 4.69) is 11.1 Å². The van der Waals surface area contributed by atoms with E-state index in [1.165, 1.54) is 19.3 Å². The van der Waals surface area contributed by atoms with Crippen LogP contribution in [0.15, 0.2) is 12.1 Å². The number of benzene rings is 1. The summed E-state index contributed by atoms with van der Waals surface area (Å²) >= 11 is 0. The Morgan fingerprint density at radius 2 is 1.90 bits per heavy atom. The number of rotatable bonds is 2. The first-order valence-corrected chi connectivity index (χ1v) is 7.56. The van der Waals surface area contributed by atoms with E-state index in [9.17, 15) is 4.39 Å². The maximum atomic E-state index is 14.4.